The van der Waals surface area contributed by atoms with Crippen molar-refractivity contribution in [1.82, 2.24) is 0 Å². The molecule has 0 fully saturated rings. The summed E-state index contributed by atoms with van der Waals surface area (Å²) in [6, 6.07) is 18.7. The molecule has 0 bridgehead atoms. The molecule has 0 aliphatic heterocycles. The minimum absolute atomic E-state index is 0.594. The maximum absolute atomic E-state index is 13.8. The van der Waals surface area contributed by atoms with E-state index in [0.717, 1.165) is 10.6 Å². The van der Waals surface area contributed by atoms with E-state index in [1.165, 1.54) is 6.08 Å². The number of rotatable bonds is 5. The first kappa shape index (κ1) is 17.2. The molecule has 0 spiro atoms. The second-order valence-corrected chi connectivity index (χ2v) is 8.93. The Morgan fingerprint density at radius 2 is 1.50 bits per heavy atom. The molecule has 2 nitrogen and oxygen atoms in total. The van der Waals surface area contributed by atoms with Crippen molar-refractivity contribution in [3.05, 3.63) is 82.7 Å². The van der Waals surface area contributed by atoms with Crippen LogP contribution < -0.4 is 10.6 Å². The molecule has 0 saturated heterocycles. The molecular formula is C18H18IO2P. The standard InChI is InChI=1S/C18H18IO2P/c1-3-18(2,20)17(19)14-22(21,15-10-6-4-7-11-15)16-12-8-5-9-13-16/h3-14,20H,1H2,2H3/b17-14+. The van der Waals surface area contributed by atoms with Crippen LogP contribution in [0.4, 0.5) is 0 Å². The molecule has 1 atom stereocenters. The van der Waals surface area contributed by atoms with Gasteiger partial charge in [0.2, 0.25) is 0 Å². The summed E-state index contributed by atoms with van der Waals surface area (Å²) >= 11 is 2.03. The predicted octanol–water partition coefficient (Wildman–Crippen LogP) is 4.21. The number of hydrogen-bond donors (Lipinski definition) is 1. The molecule has 4 heteroatoms. The van der Waals surface area contributed by atoms with E-state index in [-0.39, 0.29) is 0 Å². The Bertz CT molecular complexity index is 678. The van der Waals surface area contributed by atoms with Gasteiger partial charge in [-0.2, -0.15) is 0 Å². The lowest BCUT2D eigenvalue weighted by Gasteiger charge is -2.22. The molecule has 0 aromatic heterocycles. The quantitative estimate of drug-likeness (QED) is 0.444. The minimum Gasteiger partial charge on any atom is -0.381 e. The smallest absolute Gasteiger partial charge is 0.164 e. The molecule has 2 aromatic carbocycles. The number of halogens is 1. The van der Waals surface area contributed by atoms with Crippen molar-refractivity contribution in [2.45, 2.75) is 12.5 Å². The monoisotopic (exact) mass is 424 g/mol. The number of aliphatic hydroxyl groups is 1. The first-order valence-electron chi connectivity index (χ1n) is 6.86. The van der Waals surface area contributed by atoms with Crippen LogP contribution in [0.3, 0.4) is 0 Å². The topological polar surface area (TPSA) is 37.3 Å². The molecule has 0 amide bonds. The second-order valence-electron chi connectivity index (χ2n) is 5.16. The molecule has 1 N–H and O–H groups in total. The van der Waals surface area contributed by atoms with E-state index in [4.69, 9.17) is 0 Å². The minimum atomic E-state index is -2.97. The molecule has 2 aromatic rings. The van der Waals surface area contributed by atoms with E-state index in [1.54, 1.807) is 12.7 Å². The van der Waals surface area contributed by atoms with Crippen LogP contribution in [-0.4, -0.2) is 10.7 Å². The van der Waals surface area contributed by atoms with Crippen LogP contribution in [0, 0.1) is 0 Å². The summed E-state index contributed by atoms with van der Waals surface area (Å²) in [4.78, 5) is 0. The van der Waals surface area contributed by atoms with Crippen LogP contribution >= 0.6 is 29.7 Å². The van der Waals surface area contributed by atoms with Gasteiger partial charge in [0.1, 0.15) is 5.60 Å². The zero-order valence-electron chi connectivity index (χ0n) is 12.3. The average molecular weight is 424 g/mol. The van der Waals surface area contributed by atoms with E-state index in [2.05, 4.69) is 6.58 Å². The largest absolute Gasteiger partial charge is 0.381 e. The highest BCUT2D eigenvalue weighted by Gasteiger charge is 2.29. The van der Waals surface area contributed by atoms with Crippen LogP contribution in [0.5, 0.6) is 0 Å². The highest BCUT2D eigenvalue weighted by molar-refractivity contribution is 14.1. The van der Waals surface area contributed by atoms with Crippen LogP contribution in [-0.2, 0) is 4.57 Å². The fourth-order valence-electron chi connectivity index (χ4n) is 1.98. The van der Waals surface area contributed by atoms with Crippen molar-refractivity contribution < 1.29 is 9.67 Å². The van der Waals surface area contributed by atoms with Crippen molar-refractivity contribution in [3.63, 3.8) is 0 Å². The molecule has 0 aliphatic carbocycles. The SMILES string of the molecule is C=CC(C)(O)/C(I)=C\P(=O)(c1ccccc1)c1ccccc1. The molecule has 0 heterocycles. The van der Waals surface area contributed by atoms with Gasteiger partial charge >= 0.3 is 0 Å². The van der Waals surface area contributed by atoms with Gasteiger partial charge < -0.3 is 9.67 Å². The molecule has 114 valence electrons. The van der Waals surface area contributed by atoms with E-state index in [1.807, 2.05) is 83.3 Å². The maximum atomic E-state index is 13.8. The van der Waals surface area contributed by atoms with Gasteiger partial charge in [-0.1, -0.05) is 73.3 Å². The summed E-state index contributed by atoms with van der Waals surface area (Å²) < 4.78 is 14.4. The summed E-state index contributed by atoms with van der Waals surface area (Å²) in [6.45, 7) is 5.28. The summed E-state index contributed by atoms with van der Waals surface area (Å²) in [6.07, 6.45) is 1.45. The van der Waals surface area contributed by atoms with E-state index >= 15 is 0 Å². The van der Waals surface area contributed by atoms with Crippen molar-refractivity contribution >= 4 is 40.3 Å². The molecule has 22 heavy (non-hydrogen) atoms. The van der Waals surface area contributed by atoms with Crippen LogP contribution in [0.2, 0.25) is 0 Å². The lowest BCUT2D eigenvalue weighted by atomic mass is 10.1. The van der Waals surface area contributed by atoms with Gasteiger partial charge in [-0.3, -0.25) is 0 Å². The fraction of sp³-hybridized carbons (Fsp3) is 0.111. The highest BCUT2D eigenvalue weighted by Crippen LogP contribution is 2.48. The Hall–Kier alpha value is -1.16. The second kappa shape index (κ2) is 6.95. The lowest BCUT2D eigenvalue weighted by molar-refractivity contribution is 0.162. The first-order chi connectivity index (χ1) is 10.4. The zero-order valence-corrected chi connectivity index (χ0v) is 15.4. The molecule has 2 rings (SSSR count). The van der Waals surface area contributed by atoms with Crippen LogP contribution in [0.1, 0.15) is 6.92 Å². The third-order valence-corrected chi connectivity index (χ3v) is 8.10. The van der Waals surface area contributed by atoms with Crippen molar-refractivity contribution in [2.24, 2.45) is 0 Å². The van der Waals surface area contributed by atoms with Crippen molar-refractivity contribution in [2.75, 3.05) is 0 Å². The Balaban J connectivity index is 2.66. The summed E-state index contributed by atoms with van der Waals surface area (Å²) in [5, 5.41) is 11.8. The average Bonchev–Trinajstić information content (AvgIpc) is 2.56. The Morgan fingerprint density at radius 1 is 1.09 bits per heavy atom. The zero-order chi connectivity index (χ0) is 16.2. The summed E-state index contributed by atoms with van der Waals surface area (Å²) in [7, 11) is -2.97. The molecular weight excluding hydrogens is 406 g/mol. The van der Waals surface area contributed by atoms with Gasteiger partial charge in [0.25, 0.3) is 0 Å². The van der Waals surface area contributed by atoms with E-state index < -0.39 is 12.7 Å². The van der Waals surface area contributed by atoms with Crippen LogP contribution in [0.25, 0.3) is 0 Å². The van der Waals surface area contributed by atoms with Gasteiger partial charge in [-0.25, -0.2) is 0 Å². The van der Waals surface area contributed by atoms with Crippen LogP contribution in [0.15, 0.2) is 82.7 Å². The number of benzene rings is 2. The predicted molar refractivity (Wildman–Crippen MR) is 103 cm³/mol. The lowest BCUT2D eigenvalue weighted by Crippen LogP contribution is -2.22. The summed E-state index contributed by atoms with van der Waals surface area (Å²) in [5.41, 5.74) is -1.19. The maximum Gasteiger partial charge on any atom is 0.164 e. The van der Waals surface area contributed by atoms with Gasteiger partial charge in [0.15, 0.2) is 7.14 Å². The summed E-state index contributed by atoms with van der Waals surface area (Å²) in [5.74, 6) is 1.68. The Morgan fingerprint density at radius 3 is 1.86 bits per heavy atom. The van der Waals surface area contributed by atoms with Crippen molar-refractivity contribution in [3.8, 4) is 0 Å². The van der Waals surface area contributed by atoms with Gasteiger partial charge in [-0.15, -0.1) is 0 Å². The van der Waals surface area contributed by atoms with E-state index in [9.17, 15) is 9.67 Å². The van der Waals surface area contributed by atoms with Crippen molar-refractivity contribution in [1.29, 1.82) is 0 Å². The highest BCUT2D eigenvalue weighted by atomic mass is 127. The van der Waals surface area contributed by atoms with E-state index in [0.29, 0.717) is 3.58 Å². The Kier molecular flexibility index (Phi) is 5.43. The molecule has 0 radical (unpaired) electrons. The first-order valence-corrected chi connectivity index (χ1v) is 9.71. The fourth-order valence-corrected chi connectivity index (χ4v) is 5.79. The van der Waals surface area contributed by atoms with Gasteiger partial charge in [0.05, 0.1) is 0 Å². The molecule has 1 unspecified atom stereocenters. The number of hydrogen-bond acceptors (Lipinski definition) is 2. The third kappa shape index (κ3) is 3.60. The third-order valence-electron chi connectivity index (χ3n) is 3.46. The normalized spacial score (nSPS) is 15.1. The van der Waals surface area contributed by atoms with Gasteiger partial charge in [0, 0.05) is 14.2 Å². The Labute approximate surface area is 145 Å². The molecule has 0 aliphatic rings. The molecule has 0 saturated carbocycles. The van der Waals surface area contributed by atoms with Gasteiger partial charge in [-0.05, 0) is 35.3 Å².